The fraction of sp³-hybridized carbons (Fsp3) is 0.286. The summed E-state index contributed by atoms with van der Waals surface area (Å²) in [5.74, 6) is -0.336. The Balaban J connectivity index is 2.71. The van der Waals surface area contributed by atoms with Crippen molar-refractivity contribution in [2.24, 2.45) is 0 Å². The van der Waals surface area contributed by atoms with Crippen LogP contribution < -0.4 is 0 Å². The average molecular weight is 156 g/mol. The van der Waals surface area contributed by atoms with E-state index in [1.54, 1.807) is 0 Å². The highest BCUT2D eigenvalue weighted by atomic mass is 19.1. The fourth-order valence-electron chi connectivity index (χ4n) is 0.770. The number of aromatic nitrogens is 1. The summed E-state index contributed by atoms with van der Waals surface area (Å²) in [4.78, 5) is 3.84. The molecule has 11 heavy (non-hydrogen) atoms. The molecule has 1 aromatic rings. The van der Waals surface area contributed by atoms with E-state index in [1.165, 1.54) is 25.4 Å². The number of hydrogen-bond donors (Lipinski definition) is 1. The normalized spacial score (nSPS) is 10.5. The van der Waals surface area contributed by atoms with Crippen molar-refractivity contribution in [3.8, 4) is 0 Å². The highest BCUT2D eigenvalue weighted by molar-refractivity contribution is 5.05. The second kappa shape index (κ2) is 3.41. The summed E-state index contributed by atoms with van der Waals surface area (Å²) in [6.45, 7) is 0.234. The number of hydrogen-bond acceptors (Lipinski definition) is 3. The summed E-state index contributed by atoms with van der Waals surface area (Å²) in [5.41, 5.74) is 0.509. The van der Waals surface area contributed by atoms with E-state index in [4.69, 9.17) is 5.21 Å². The lowest BCUT2D eigenvalue weighted by molar-refractivity contribution is -0.0741. The number of hydroxylamine groups is 2. The quantitative estimate of drug-likeness (QED) is 0.650. The molecule has 0 saturated heterocycles. The minimum Gasteiger partial charge on any atom is -0.314 e. The molecular weight excluding hydrogens is 147 g/mol. The van der Waals surface area contributed by atoms with Gasteiger partial charge in [0.25, 0.3) is 0 Å². The van der Waals surface area contributed by atoms with Crippen LogP contribution in [0.1, 0.15) is 5.69 Å². The van der Waals surface area contributed by atoms with Crippen molar-refractivity contribution < 1.29 is 9.60 Å². The molecule has 3 nitrogen and oxygen atoms in total. The number of pyridine rings is 1. The molecule has 0 aliphatic carbocycles. The van der Waals surface area contributed by atoms with Crippen LogP contribution in [0.5, 0.6) is 0 Å². The lowest BCUT2D eigenvalue weighted by atomic mass is 10.3. The Morgan fingerprint density at radius 2 is 2.45 bits per heavy atom. The Bertz CT molecular complexity index is 240. The molecule has 0 atom stereocenters. The van der Waals surface area contributed by atoms with Gasteiger partial charge in [0.1, 0.15) is 5.82 Å². The molecule has 4 heteroatoms. The van der Waals surface area contributed by atoms with Gasteiger partial charge in [-0.25, -0.2) is 4.39 Å². The van der Waals surface area contributed by atoms with Crippen molar-refractivity contribution in [2.45, 2.75) is 6.54 Å². The van der Waals surface area contributed by atoms with Gasteiger partial charge in [-0.1, -0.05) is 0 Å². The summed E-state index contributed by atoms with van der Waals surface area (Å²) < 4.78 is 12.5. The van der Waals surface area contributed by atoms with Gasteiger partial charge in [-0.2, -0.15) is 5.06 Å². The van der Waals surface area contributed by atoms with E-state index in [9.17, 15) is 4.39 Å². The van der Waals surface area contributed by atoms with E-state index in [0.717, 1.165) is 5.06 Å². The molecule has 1 aromatic heterocycles. The van der Waals surface area contributed by atoms with Crippen molar-refractivity contribution in [3.63, 3.8) is 0 Å². The molecule has 0 aliphatic heterocycles. The van der Waals surface area contributed by atoms with Crippen molar-refractivity contribution in [1.29, 1.82) is 0 Å². The zero-order chi connectivity index (χ0) is 8.27. The molecule has 1 N–H and O–H groups in total. The third-order valence-electron chi connectivity index (χ3n) is 1.17. The second-order valence-electron chi connectivity index (χ2n) is 2.28. The zero-order valence-corrected chi connectivity index (χ0v) is 6.16. The maximum absolute atomic E-state index is 12.5. The van der Waals surface area contributed by atoms with Gasteiger partial charge in [0.15, 0.2) is 0 Å². The van der Waals surface area contributed by atoms with Gasteiger partial charge in [-0.15, -0.1) is 0 Å². The largest absolute Gasteiger partial charge is 0.314 e. The Labute approximate surface area is 64.1 Å². The summed E-state index contributed by atoms with van der Waals surface area (Å²) in [6.07, 6.45) is 1.37. The monoisotopic (exact) mass is 156 g/mol. The van der Waals surface area contributed by atoms with Crippen LogP contribution in [-0.4, -0.2) is 22.3 Å². The van der Waals surface area contributed by atoms with Crippen molar-refractivity contribution in [3.05, 3.63) is 29.8 Å². The maximum atomic E-state index is 12.5. The Morgan fingerprint density at radius 3 is 3.00 bits per heavy atom. The van der Waals surface area contributed by atoms with E-state index in [-0.39, 0.29) is 12.4 Å². The summed E-state index contributed by atoms with van der Waals surface area (Å²) in [7, 11) is 1.48. The lowest BCUT2D eigenvalue weighted by Crippen LogP contribution is -2.12. The highest BCUT2D eigenvalue weighted by Gasteiger charge is 1.98. The minimum atomic E-state index is -0.336. The van der Waals surface area contributed by atoms with Crippen LogP contribution in [0.2, 0.25) is 0 Å². The standard InChI is InChI=1S/C7H9FN2O/c1-10(11)5-7-4-6(8)2-3-9-7/h2-4,11H,5H2,1H3. The second-order valence-corrected chi connectivity index (χ2v) is 2.28. The summed E-state index contributed by atoms with van der Waals surface area (Å²) in [6, 6.07) is 2.55. The van der Waals surface area contributed by atoms with Crippen LogP contribution in [0, 0.1) is 5.82 Å². The van der Waals surface area contributed by atoms with E-state index in [1.807, 2.05) is 0 Å². The van der Waals surface area contributed by atoms with Crippen LogP contribution in [0.25, 0.3) is 0 Å². The first-order valence-corrected chi connectivity index (χ1v) is 3.19. The minimum absolute atomic E-state index is 0.234. The van der Waals surface area contributed by atoms with Crippen LogP contribution >= 0.6 is 0 Å². The van der Waals surface area contributed by atoms with E-state index >= 15 is 0 Å². The molecule has 60 valence electrons. The molecule has 1 rings (SSSR count). The van der Waals surface area contributed by atoms with Crippen LogP contribution in [-0.2, 0) is 6.54 Å². The molecule has 0 unspecified atom stereocenters. The molecule has 0 saturated carbocycles. The van der Waals surface area contributed by atoms with Crippen LogP contribution in [0.4, 0.5) is 4.39 Å². The summed E-state index contributed by atoms with van der Waals surface area (Å²) in [5, 5.41) is 9.71. The van der Waals surface area contributed by atoms with Gasteiger partial charge in [0, 0.05) is 13.2 Å². The molecule has 0 spiro atoms. The molecular formula is C7H9FN2O. The molecule has 1 heterocycles. The van der Waals surface area contributed by atoms with Gasteiger partial charge in [-0.05, 0) is 12.1 Å². The van der Waals surface area contributed by atoms with Crippen LogP contribution in [0.15, 0.2) is 18.3 Å². The number of halogens is 1. The fourth-order valence-corrected chi connectivity index (χ4v) is 0.770. The first kappa shape index (κ1) is 8.10. The molecule has 0 bridgehead atoms. The Hall–Kier alpha value is -1.00. The molecule has 0 amide bonds. The van der Waals surface area contributed by atoms with Crippen molar-refractivity contribution in [1.82, 2.24) is 10.0 Å². The van der Waals surface area contributed by atoms with Crippen molar-refractivity contribution >= 4 is 0 Å². The van der Waals surface area contributed by atoms with Gasteiger partial charge >= 0.3 is 0 Å². The summed E-state index contributed by atoms with van der Waals surface area (Å²) >= 11 is 0. The first-order chi connectivity index (χ1) is 5.18. The lowest BCUT2D eigenvalue weighted by Gasteiger charge is -2.05. The van der Waals surface area contributed by atoms with Crippen LogP contribution in [0.3, 0.4) is 0 Å². The van der Waals surface area contributed by atoms with E-state index in [0.29, 0.717) is 5.69 Å². The van der Waals surface area contributed by atoms with E-state index < -0.39 is 0 Å². The van der Waals surface area contributed by atoms with Gasteiger partial charge < -0.3 is 5.21 Å². The molecule has 0 aliphatic rings. The van der Waals surface area contributed by atoms with Gasteiger partial charge in [-0.3, -0.25) is 4.98 Å². The SMILES string of the molecule is CN(O)Cc1cc(F)ccn1. The maximum Gasteiger partial charge on any atom is 0.126 e. The molecule has 0 fully saturated rings. The smallest absolute Gasteiger partial charge is 0.126 e. The van der Waals surface area contributed by atoms with Gasteiger partial charge in [0.05, 0.1) is 12.2 Å². The third kappa shape index (κ3) is 2.61. The predicted octanol–water partition coefficient (Wildman–Crippen LogP) is 1.04. The topological polar surface area (TPSA) is 36.4 Å². The Morgan fingerprint density at radius 1 is 1.73 bits per heavy atom. The number of nitrogens with zero attached hydrogens (tertiary/aromatic N) is 2. The Kier molecular flexibility index (Phi) is 2.51. The molecule has 0 aromatic carbocycles. The zero-order valence-electron chi connectivity index (χ0n) is 6.16. The predicted molar refractivity (Wildman–Crippen MR) is 37.4 cm³/mol. The highest BCUT2D eigenvalue weighted by Crippen LogP contribution is 2.00. The first-order valence-electron chi connectivity index (χ1n) is 3.19. The van der Waals surface area contributed by atoms with Gasteiger partial charge in [0.2, 0.25) is 0 Å². The van der Waals surface area contributed by atoms with Crippen molar-refractivity contribution in [2.75, 3.05) is 7.05 Å². The average Bonchev–Trinajstić information content (AvgIpc) is 1.85. The molecule has 0 radical (unpaired) electrons. The number of rotatable bonds is 2. The third-order valence-corrected chi connectivity index (χ3v) is 1.17. The van der Waals surface area contributed by atoms with E-state index in [2.05, 4.69) is 4.98 Å².